The maximum Gasteiger partial charge on any atom is 0.181 e. The molecule has 3 nitrogen and oxygen atoms in total. The van der Waals surface area contributed by atoms with Gasteiger partial charge >= 0.3 is 0 Å². The monoisotopic (exact) mass is 309 g/mol. The molecule has 1 aromatic heterocycles. The molecule has 24 heavy (non-hydrogen) atoms. The second-order valence-corrected chi connectivity index (χ2v) is 6.02. The van der Waals surface area contributed by atoms with Crippen LogP contribution in [0, 0.1) is 0 Å². The van der Waals surface area contributed by atoms with Crippen LogP contribution < -0.4 is 0 Å². The van der Waals surface area contributed by atoms with Crippen LogP contribution >= 0.6 is 0 Å². The number of aromatic nitrogens is 3. The minimum Gasteiger partial charge on any atom is -0.241 e. The maximum atomic E-state index is 4.76. The predicted molar refractivity (Wildman–Crippen MR) is 95.4 cm³/mol. The van der Waals surface area contributed by atoms with Gasteiger partial charge in [-0.15, -0.1) is 0 Å². The molecule has 1 aliphatic heterocycles. The molecule has 3 heteroatoms. The standard InChI is InChI=1S/C21H15N3/c1-2-6-15(7-3-1)16-10-12-17(13-11-16)20-22-21-19-9-5-4-8-18(19)14-24(21)23-20/h1-13H,14H2. The van der Waals surface area contributed by atoms with Crippen LogP contribution in [0.1, 0.15) is 5.56 Å². The van der Waals surface area contributed by atoms with E-state index in [2.05, 4.69) is 77.9 Å². The first kappa shape index (κ1) is 13.3. The molecule has 2 heterocycles. The first-order chi connectivity index (χ1) is 11.9. The second-order valence-electron chi connectivity index (χ2n) is 6.02. The van der Waals surface area contributed by atoms with Crippen LogP contribution in [0.3, 0.4) is 0 Å². The second kappa shape index (κ2) is 5.17. The van der Waals surface area contributed by atoms with Crippen LogP contribution in [-0.2, 0) is 6.54 Å². The lowest BCUT2D eigenvalue weighted by atomic mass is 10.0. The van der Waals surface area contributed by atoms with Crippen LogP contribution in [-0.4, -0.2) is 14.8 Å². The molecule has 0 amide bonds. The van der Waals surface area contributed by atoms with Gasteiger partial charge in [0.05, 0.1) is 6.54 Å². The smallest absolute Gasteiger partial charge is 0.181 e. The fraction of sp³-hybridized carbons (Fsp3) is 0.0476. The Morgan fingerprint density at radius 1 is 0.667 bits per heavy atom. The fourth-order valence-corrected chi connectivity index (χ4v) is 3.25. The summed E-state index contributed by atoms with van der Waals surface area (Å²) in [6.07, 6.45) is 0. The Balaban J connectivity index is 1.51. The maximum absolute atomic E-state index is 4.76. The van der Waals surface area contributed by atoms with E-state index in [-0.39, 0.29) is 0 Å². The minimum absolute atomic E-state index is 0.791. The molecule has 0 spiro atoms. The van der Waals surface area contributed by atoms with Gasteiger partial charge in [0.15, 0.2) is 11.6 Å². The summed E-state index contributed by atoms with van der Waals surface area (Å²) in [6, 6.07) is 27.2. The van der Waals surface area contributed by atoms with E-state index in [0.717, 1.165) is 23.8 Å². The number of hydrogen-bond donors (Lipinski definition) is 0. The zero-order chi connectivity index (χ0) is 15.9. The summed E-state index contributed by atoms with van der Waals surface area (Å²) in [5.41, 5.74) is 5.96. The molecule has 0 N–H and O–H groups in total. The highest BCUT2D eigenvalue weighted by Gasteiger charge is 2.22. The van der Waals surface area contributed by atoms with E-state index >= 15 is 0 Å². The van der Waals surface area contributed by atoms with E-state index in [0.29, 0.717) is 0 Å². The molecule has 114 valence electrons. The van der Waals surface area contributed by atoms with Crippen molar-refractivity contribution in [3.63, 3.8) is 0 Å². The summed E-state index contributed by atoms with van der Waals surface area (Å²) < 4.78 is 1.99. The van der Waals surface area contributed by atoms with Gasteiger partial charge in [-0.25, -0.2) is 9.67 Å². The summed E-state index contributed by atoms with van der Waals surface area (Å²) in [5.74, 6) is 1.76. The van der Waals surface area contributed by atoms with E-state index in [4.69, 9.17) is 4.98 Å². The highest BCUT2D eigenvalue weighted by Crippen LogP contribution is 2.32. The van der Waals surface area contributed by atoms with Gasteiger partial charge in [-0.05, 0) is 16.7 Å². The summed E-state index contributed by atoms with van der Waals surface area (Å²) >= 11 is 0. The van der Waals surface area contributed by atoms with Crippen LogP contribution in [0.25, 0.3) is 33.9 Å². The van der Waals surface area contributed by atoms with Gasteiger partial charge < -0.3 is 0 Å². The van der Waals surface area contributed by atoms with Crippen molar-refractivity contribution >= 4 is 0 Å². The van der Waals surface area contributed by atoms with Gasteiger partial charge in [0.1, 0.15) is 0 Å². The van der Waals surface area contributed by atoms with Gasteiger partial charge in [-0.2, -0.15) is 5.10 Å². The van der Waals surface area contributed by atoms with Crippen molar-refractivity contribution < 1.29 is 0 Å². The summed E-state index contributed by atoms with van der Waals surface area (Å²) in [7, 11) is 0. The van der Waals surface area contributed by atoms with Crippen LogP contribution in [0.4, 0.5) is 0 Å². The largest absolute Gasteiger partial charge is 0.241 e. The lowest BCUT2D eigenvalue weighted by Crippen LogP contribution is -1.95. The van der Waals surface area contributed by atoms with Crippen molar-refractivity contribution in [2.45, 2.75) is 6.54 Å². The first-order valence-corrected chi connectivity index (χ1v) is 8.07. The SMILES string of the molecule is c1ccc(-c2ccc(-c3nc4n(n3)Cc3ccccc3-4)cc2)cc1. The Hall–Kier alpha value is -3.20. The molecule has 5 rings (SSSR count). The molecular formula is C21H15N3. The van der Waals surface area contributed by atoms with E-state index in [1.807, 2.05) is 10.7 Å². The van der Waals surface area contributed by atoms with Gasteiger partial charge in [0.25, 0.3) is 0 Å². The third-order valence-corrected chi connectivity index (χ3v) is 4.50. The highest BCUT2D eigenvalue weighted by atomic mass is 15.4. The average Bonchev–Trinajstić information content (AvgIpc) is 3.21. The summed E-state index contributed by atoms with van der Waals surface area (Å²) in [4.78, 5) is 4.76. The Bertz CT molecular complexity index is 1010. The van der Waals surface area contributed by atoms with Gasteiger partial charge in [-0.1, -0.05) is 78.9 Å². The molecule has 0 saturated carbocycles. The van der Waals surface area contributed by atoms with Gasteiger partial charge in [0.2, 0.25) is 0 Å². The highest BCUT2D eigenvalue weighted by molar-refractivity contribution is 5.70. The molecule has 0 aliphatic carbocycles. The molecule has 0 atom stereocenters. The van der Waals surface area contributed by atoms with Crippen molar-refractivity contribution in [3.05, 3.63) is 84.4 Å². The van der Waals surface area contributed by atoms with E-state index in [1.165, 1.54) is 22.3 Å². The molecular weight excluding hydrogens is 294 g/mol. The average molecular weight is 309 g/mol. The number of hydrogen-bond acceptors (Lipinski definition) is 2. The third kappa shape index (κ3) is 2.06. The Morgan fingerprint density at radius 3 is 2.17 bits per heavy atom. The van der Waals surface area contributed by atoms with Crippen molar-refractivity contribution in [2.75, 3.05) is 0 Å². The van der Waals surface area contributed by atoms with E-state index in [9.17, 15) is 0 Å². The molecule has 0 bridgehead atoms. The van der Waals surface area contributed by atoms with Crippen molar-refractivity contribution in [1.29, 1.82) is 0 Å². The zero-order valence-corrected chi connectivity index (χ0v) is 13.1. The van der Waals surface area contributed by atoms with Crippen molar-refractivity contribution in [1.82, 2.24) is 14.8 Å². The molecule has 0 radical (unpaired) electrons. The normalized spacial score (nSPS) is 12.0. The number of rotatable bonds is 2. The molecule has 0 saturated heterocycles. The zero-order valence-electron chi connectivity index (χ0n) is 13.1. The van der Waals surface area contributed by atoms with Crippen LogP contribution in [0.15, 0.2) is 78.9 Å². The van der Waals surface area contributed by atoms with Crippen molar-refractivity contribution in [2.24, 2.45) is 0 Å². The fourth-order valence-electron chi connectivity index (χ4n) is 3.25. The van der Waals surface area contributed by atoms with Gasteiger partial charge in [-0.3, -0.25) is 0 Å². The van der Waals surface area contributed by atoms with E-state index in [1.54, 1.807) is 0 Å². The summed E-state index contributed by atoms with van der Waals surface area (Å²) in [6.45, 7) is 0.806. The molecule has 3 aromatic carbocycles. The summed E-state index contributed by atoms with van der Waals surface area (Å²) in [5, 5.41) is 4.68. The molecule has 1 aliphatic rings. The Kier molecular flexibility index (Phi) is 2.85. The topological polar surface area (TPSA) is 30.7 Å². The predicted octanol–water partition coefficient (Wildman–Crippen LogP) is 4.64. The lowest BCUT2D eigenvalue weighted by Gasteiger charge is -2.02. The lowest BCUT2D eigenvalue weighted by molar-refractivity contribution is 0.722. The third-order valence-electron chi connectivity index (χ3n) is 4.50. The Morgan fingerprint density at radius 2 is 1.33 bits per heavy atom. The van der Waals surface area contributed by atoms with E-state index < -0.39 is 0 Å². The molecule has 0 unspecified atom stereocenters. The Labute approximate surface area is 140 Å². The quantitative estimate of drug-likeness (QED) is 0.475. The number of benzene rings is 3. The van der Waals surface area contributed by atoms with Crippen LogP contribution in [0.2, 0.25) is 0 Å². The molecule has 0 fully saturated rings. The van der Waals surface area contributed by atoms with Crippen molar-refractivity contribution in [3.8, 4) is 33.9 Å². The van der Waals surface area contributed by atoms with Crippen LogP contribution in [0.5, 0.6) is 0 Å². The number of nitrogens with zero attached hydrogens (tertiary/aromatic N) is 3. The van der Waals surface area contributed by atoms with Gasteiger partial charge in [0, 0.05) is 11.1 Å². The number of fused-ring (bicyclic) bond motifs is 3. The first-order valence-electron chi connectivity index (χ1n) is 8.07. The minimum atomic E-state index is 0.791. The molecule has 4 aromatic rings.